The molecule has 0 aliphatic heterocycles. The first-order chi connectivity index (χ1) is 9.15. The van der Waals surface area contributed by atoms with Gasteiger partial charge in [-0.1, -0.05) is 38.1 Å². The van der Waals surface area contributed by atoms with Crippen molar-refractivity contribution in [3.05, 3.63) is 35.4 Å². The lowest BCUT2D eigenvalue weighted by molar-refractivity contribution is 0.446. The van der Waals surface area contributed by atoms with Gasteiger partial charge in [0.15, 0.2) is 9.84 Å². The molecule has 0 aliphatic rings. The number of nitrogens with one attached hydrogen (secondary N) is 1. The van der Waals surface area contributed by atoms with Crippen LogP contribution >= 0.6 is 0 Å². The first-order valence-corrected chi connectivity index (χ1v) is 9.01. The van der Waals surface area contributed by atoms with Crippen LogP contribution in [0.2, 0.25) is 0 Å². The topological polar surface area (TPSA) is 46.2 Å². The van der Waals surface area contributed by atoms with Crippen molar-refractivity contribution in [1.29, 1.82) is 0 Å². The largest absolute Gasteiger partial charge is 0.312 e. The predicted molar refractivity (Wildman–Crippen MR) is 85.9 cm³/mol. The smallest absolute Gasteiger partial charge is 0.154 e. The number of benzene rings is 1. The molecule has 1 aromatic rings. The molecule has 2 atom stereocenters. The van der Waals surface area contributed by atoms with E-state index in [1.165, 1.54) is 11.8 Å². The highest BCUT2D eigenvalue weighted by atomic mass is 32.2. The lowest BCUT2D eigenvalue weighted by Gasteiger charge is -2.33. The SMILES string of the molecule is CCC(C)c1ccc(C(NC)C(C)(C)S(C)(=O)=O)cc1. The summed E-state index contributed by atoms with van der Waals surface area (Å²) in [5.41, 5.74) is 2.30. The van der Waals surface area contributed by atoms with Crippen LogP contribution in [0.15, 0.2) is 24.3 Å². The fourth-order valence-corrected chi connectivity index (χ4v) is 3.06. The summed E-state index contributed by atoms with van der Waals surface area (Å²) in [6.45, 7) is 7.91. The van der Waals surface area contributed by atoms with Gasteiger partial charge in [-0.3, -0.25) is 0 Å². The van der Waals surface area contributed by atoms with Crippen molar-refractivity contribution < 1.29 is 8.42 Å². The molecule has 0 radical (unpaired) electrons. The second-order valence-electron chi connectivity index (χ2n) is 6.07. The minimum Gasteiger partial charge on any atom is -0.312 e. The molecule has 1 N–H and O–H groups in total. The van der Waals surface area contributed by atoms with Crippen LogP contribution in [0.3, 0.4) is 0 Å². The van der Waals surface area contributed by atoms with Crippen LogP contribution in [0.1, 0.15) is 57.2 Å². The van der Waals surface area contributed by atoms with Crippen molar-refractivity contribution >= 4 is 9.84 Å². The summed E-state index contributed by atoms with van der Waals surface area (Å²) >= 11 is 0. The van der Waals surface area contributed by atoms with E-state index >= 15 is 0 Å². The van der Waals surface area contributed by atoms with E-state index in [1.807, 2.05) is 12.1 Å². The highest BCUT2D eigenvalue weighted by molar-refractivity contribution is 7.92. The van der Waals surface area contributed by atoms with Crippen molar-refractivity contribution in [2.45, 2.75) is 50.8 Å². The molecule has 0 spiro atoms. The van der Waals surface area contributed by atoms with Gasteiger partial charge in [-0.25, -0.2) is 8.42 Å². The van der Waals surface area contributed by atoms with E-state index in [4.69, 9.17) is 0 Å². The molecule has 0 amide bonds. The van der Waals surface area contributed by atoms with E-state index in [1.54, 1.807) is 20.9 Å². The maximum atomic E-state index is 12.0. The molecule has 20 heavy (non-hydrogen) atoms. The number of sulfone groups is 1. The van der Waals surface area contributed by atoms with Crippen LogP contribution < -0.4 is 5.32 Å². The summed E-state index contributed by atoms with van der Waals surface area (Å²) in [4.78, 5) is 0. The summed E-state index contributed by atoms with van der Waals surface area (Å²) in [7, 11) is -1.35. The first-order valence-electron chi connectivity index (χ1n) is 7.11. The lowest BCUT2D eigenvalue weighted by Crippen LogP contribution is -2.43. The second kappa shape index (κ2) is 6.27. The Morgan fingerprint density at radius 3 is 1.95 bits per heavy atom. The lowest BCUT2D eigenvalue weighted by atomic mass is 9.92. The average Bonchev–Trinajstić information content (AvgIpc) is 2.38. The molecule has 1 rings (SSSR count). The van der Waals surface area contributed by atoms with Gasteiger partial charge in [-0.15, -0.1) is 0 Å². The van der Waals surface area contributed by atoms with Gasteiger partial charge in [0.25, 0.3) is 0 Å². The van der Waals surface area contributed by atoms with E-state index in [0.717, 1.165) is 12.0 Å². The molecule has 0 aliphatic carbocycles. The highest BCUT2D eigenvalue weighted by Crippen LogP contribution is 2.32. The normalized spacial score (nSPS) is 15.9. The number of rotatable bonds is 6. The zero-order valence-electron chi connectivity index (χ0n) is 13.4. The van der Waals surface area contributed by atoms with Gasteiger partial charge < -0.3 is 5.32 Å². The van der Waals surface area contributed by atoms with Gasteiger partial charge in [0, 0.05) is 6.26 Å². The minimum absolute atomic E-state index is 0.219. The van der Waals surface area contributed by atoms with Gasteiger partial charge in [-0.2, -0.15) is 0 Å². The third-order valence-corrected chi connectivity index (χ3v) is 6.54. The Bertz CT molecular complexity index is 532. The average molecular weight is 297 g/mol. The van der Waals surface area contributed by atoms with Gasteiger partial charge in [-0.05, 0) is 44.4 Å². The highest BCUT2D eigenvalue weighted by Gasteiger charge is 2.39. The molecule has 114 valence electrons. The Kier molecular flexibility index (Phi) is 5.39. The number of hydrogen-bond donors (Lipinski definition) is 1. The molecule has 4 heteroatoms. The maximum Gasteiger partial charge on any atom is 0.154 e. The van der Waals surface area contributed by atoms with Crippen molar-refractivity contribution in [1.82, 2.24) is 5.32 Å². The standard InChI is InChI=1S/C16H27NO2S/c1-7-12(2)13-8-10-14(11-9-13)15(17-5)16(3,4)20(6,18)19/h8-12,15,17H,7H2,1-6H3. The first kappa shape index (κ1) is 17.2. The minimum atomic E-state index is -3.16. The molecule has 0 saturated carbocycles. The van der Waals surface area contributed by atoms with Gasteiger partial charge in [0.2, 0.25) is 0 Å². The third kappa shape index (κ3) is 3.41. The van der Waals surface area contributed by atoms with Crippen LogP contribution in [0, 0.1) is 0 Å². The second-order valence-corrected chi connectivity index (χ2v) is 8.67. The van der Waals surface area contributed by atoms with Crippen LogP contribution in [0.25, 0.3) is 0 Å². The molecular formula is C16H27NO2S. The molecule has 0 bridgehead atoms. The summed E-state index contributed by atoms with van der Waals surface area (Å²) < 4.78 is 23.2. The predicted octanol–water partition coefficient (Wildman–Crippen LogP) is 3.28. The Labute approximate surface area is 123 Å². The number of hydrogen-bond acceptors (Lipinski definition) is 3. The molecule has 0 fully saturated rings. The van der Waals surface area contributed by atoms with Crippen molar-refractivity contribution in [3.8, 4) is 0 Å². The van der Waals surface area contributed by atoms with Gasteiger partial charge in [0.1, 0.15) is 0 Å². The van der Waals surface area contributed by atoms with Gasteiger partial charge in [0.05, 0.1) is 10.8 Å². The van der Waals surface area contributed by atoms with Crippen LogP contribution in [-0.2, 0) is 9.84 Å². The fourth-order valence-electron chi connectivity index (χ4n) is 2.38. The molecule has 3 nitrogen and oxygen atoms in total. The van der Waals surface area contributed by atoms with E-state index in [9.17, 15) is 8.42 Å². The van der Waals surface area contributed by atoms with Gasteiger partial charge >= 0.3 is 0 Å². The van der Waals surface area contributed by atoms with Crippen molar-refractivity contribution in [2.75, 3.05) is 13.3 Å². The quantitative estimate of drug-likeness (QED) is 0.876. The zero-order valence-corrected chi connectivity index (χ0v) is 14.2. The summed E-state index contributed by atoms with van der Waals surface area (Å²) in [6.07, 6.45) is 2.40. The zero-order chi connectivity index (χ0) is 15.6. The molecule has 2 unspecified atom stereocenters. The Morgan fingerprint density at radius 2 is 1.60 bits per heavy atom. The van der Waals surface area contributed by atoms with E-state index in [-0.39, 0.29) is 6.04 Å². The van der Waals surface area contributed by atoms with Crippen LogP contribution in [0.5, 0.6) is 0 Å². The summed E-state index contributed by atoms with van der Waals surface area (Å²) in [5.74, 6) is 0.528. The van der Waals surface area contributed by atoms with Crippen molar-refractivity contribution in [2.24, 2.45) is 0 Å². The summed E-state index contributed by atoms with van der Waals surface area (Å²) in [5, 5.41) is 3.15. The molecule has 0 saturated heterocycles. The fraction of sp³-hybridized carbons (Fsp3) is 0.625. The molecule has 0 aromatic heterocycles. The van der Waals surface area contributed by atoms with Crippen LogP contribution in [-0.4, -0.2) is 26.5 Å². The molecular weight excluding hydrogens is 270 g/mol. The Hall–Kier alpha value is -0.870. The van der Waals surface area contributed by atoms with Crippen molar-refractivity contribution in [3.63, 3.8) is 0 Å². The third-order valence-electron chi connectivity index (χ3n) is 4.39. The molecule has 0 heterocycles. The Morgan fingerprint density at radius 1 is 1.15 bits per heavy atom. The van der Waals surface area contributed by atoms with E-state index in [0.29, 0.717) is 5.92 Å². The Balaban J connectivity index is 3.15. The van der Waals surface area contributed by atoms with E-state index in [2.05, 4.69) is 31.3 Å². The van der Waals surface area contributed by atoms with Crippen LogP contribution in [0.4, 0.5) is 0 Å². The molecule has 1 aromatic carbocycles. The van der Waals surface area contributed by atoms with E-state index < -0.39 is 14.6 Å². The summed E-state index contributed by atoms with van der Waals surface area (Å²) in [6, 6.07) is 8.06. The monoisotopic (exact) mass is 297 g/mol. The maximum absolute atomic E-state index is 12.0.